The van der Waals surface area contributed by atoms with Crippen molar-refractivity contribution in [2.45, 2.75) is 92.0 Å². The Labute approximate surface area is 295 Å². The maximum atomic E-state index is 6.85. The molecule has 1 heterocycles. The number of nitrogens with zero attached hydrogens (tertiary/aromatic N) is 2. The molecule has 4 aromatic carbocycles. The molecule has 0 bridgehead atoms. The van der Waals surface area contributed by atoms with Gasteiger partial charge in [-0.15, -0.1) is 0 Å². The number of halogens is 1. The Morgan fingerprint density at radius 1 is 0.688 bits per heavy atom. The summed E-state index contributed by atoms with van der Waals surface area (Å²) in [5, 5.41) is 0.855. The van der Waals surface area contributed by atoms with Gasteiger partial charge in [-0.25, -0.2) is 0 Å². The van der Waals surface area contributed by atoms with Gasteiger partial charge < -0.3 is 0 Å². The molecule has 1 unspecified atom stereocenters. The van der Waals surface area contributed by atoms with Crippen LogP contribution >= 0.6 is 11.6 Å². The molecule has 3 heteroatoms. The molecule has 0 N–H and O–H groups in total. The fourth-order valence-electron chi connectivity index (χ4n) is 7.01. The van der Waals surface area contributed by atoms with Crippen LogP contribution in [0.1, 0.15) is 90.0 Å². The summed E-state index contributed by atoms with van der Waals surface area (Å²) in [7, 11) is 0. The van der Waals surface area contributed by atoms with Crippen LogP contribution in [-0.4, -0.2) is 23.0 Å². The highest BCUT2D eigenvalue weighted by molar-refractivity contribution is 6.31. The number of rotatable bonds is 12. The van der Waals surface area contributed by atoms with Gasteiger partial charge in [-0.2, -0.15) is 0 Å². The monoisotopic (exact) mass is 656 g/mol. The topological polar surface area (TPSA) is 16.1 Å². The molecule has 0 saturated carbocycles. The van der Waals surface area contributed by atoms with E-state index < -0.39 is 0 Å². The SMILES string of the molecule is CC.CCc1ccc(CCN(CCc2ccccc2CCc2ccc(-c3ccc(C)cc3)cc2Cl)C2CCCc3nc(C)ccc32)cc1. The van der Waals surface area contributed by atoms with Crippen LogP contribution in [0.3, 0.4) is 0 Å². The second-order valence-electron chi connectivity index (χ2n) is 13.0. The average Bonchev–Trinajstić information content (AvgIpc) is 3.12. The highest BCUT2D eigenvalue weighted by Gasteiger charge is 2.27. The number of pyridine rings is 1. The van der Waals surface area contributed by atoms with E-state index in [1.807, 2.05) is 13.8 Å². The first-order valence-electron chi connectivity index (χ1n) is 18.2. The molecule has 0 aliphatic heterocycles. The van der Waals surface area contributed by atoms with Crippen molar-refractivity contribution in [2.75, 3.05) is 13.1 Å². The zero-order valence-electron chi connectivity index (χ0n) is 29.7. The van der Waals surface area contributed by atoms with E-state index in [4.69, 9.17) is 16.6 Å². The second-order valence-corrected chi connectivity index (χ2v) is 13.5. The highest BCUT2D eigenvalue weighted by Crippen LogP contribution is 2.34. The van der Waals surface area contributed by atoms with Gasteiger partial charge in [0.1, 0.15) is 0 Å². The highest BCUT2D eigenvalue weighted by atomic mass is 35.5. The minimum Gasteiger partial charge on any atom is -0.296 e. The maximum Gasteiger partial charge on any atom is 0.0454 e. The van der Waals surface area contributed by atoms with Crippen LogP contribution < -0.4 is 0 Å². The standard InChI is InChI=1S/C43H47ClN2.C2H6/c1-4-33-15-17-34(18-16-33)26-28-46(43-11-7-10-42-40(43)25-14-32(3)45-42)29-27-36-9-6-5-8-35(36)21-22-38-23-24-39(30-41(38)44)37-19-12-31(2)13-20-37;1-2/h5-6,8-9,12-20,23-25,30,43H,4,7,10-11,21-22,26-29H2,1-3H3;1-2H3. The van der Waals surface area contributed by atoms with E-state index >= 15 is 0 Å². The van der Waals surface area contributed by atoms with E-state index in [1.54, 1.807) is 0 Å². The average molecular weight is 657 g/mol. The lowest BCUT2D eigenvalue weighted by Gasteiger charge is -2.36. The fraction of sp³-hybridized carbons (Fsp3) is 0.356. The van der Waals surface area contributed by atoms with Crippen molar-refractivity contribution < 1.29 is 0 Å². The van der Waals surface area contributed by atoms with E-state index in [2.05, 4.69) is 129 Å². The number of aromatic nitrogens is 1. The first kappa shape index (κ1) is 35.6. The van der Waals surface area contributed by atoms with Gasteiger partial charge in [0.05, 0.1) is 0 Å². The van der Waals surface area contributed by atoms with E-state index in [0.717, 1.165) is 62.3 Å². The van der Waals surface area contributed by atoms with Crippen LogP contribution in [0.5, 0.6) is 0 Å². The Balaban J connectivity index is 0.00000221. The summed E-state index contributed by atoms with van der Waals surface area (Å²) in [4.78, 5) is 7.72. The summed E-state index contributed by atoms with van der Waals surface area (Å²) in [5.41, 5.74) is 14.4. The van der Waals surface area contributed by atoms with Crippen molar-refractivity contribution in [3.63, 3.8) is 0 Å². The normalized spacial score (nSPS) is 13.9. The molecule has 48 heavy (non-hydrogen) atoms. The number of aryl methyl sites for hydroxylation is 6. The first-order valence-corrected chi connectivity index (χ1v) is 18.5. The molecule has 0 radical (unpaired) electrons. The van der Waals surface area contributed by atoms with Crippen molar-refractivity contribution in [2.24, 2.45) is 0 Å². The lowest BCUT2D eigenvalue weighted by atomic mass is 9.89. The van der Waals surface area contributed by atoms with Crippen molar-refractivity contribution in [3.05, 3.63) is 158 Å². The summed E-state index contributed by atoms with van der Waals surface area (Å²) < 4.78 is 0. The molecule has 1 aromatic heterocycles. The Kier molecular flexibility index (Phi) is 13.1. The van der Waals surface area contributed by atoms with Gasteiger partial charge in [-0.05, 0) is 122 Å². The summed E-state index contributed by atoms with van der Waals surface area (Å²) in [6.45, 7) is 12.5. The van der Waals surface area contributed by atoms with E-state index in [-0.39, 0.29) is 0 Å². The molecule has 0 spiro atoms. The molecule has 5 aromatic rings. The van der Waals surface area contributed by atoms with Gasteiger partial charge in [0.2, 0.25) is 0 Å². The molecule has 0 saturated heterocycles. The van der Waals surface area contributed by atoms with Crippen molar-refractivity contribution in [3.8, 4) is 11.1 Å². The molecule has 1 aliphatic carbocycles. The van der Waals surface area contributed by atoms with E-state index in [1.165, 1.54) is 68.6 Å². The molecule has 0 amide bonds. The first-order chi connectivity index (χ1) is 23.5. The number of fused-ring (bicyclic) bond motifs is 1. The van der Waals surface area contributed by atoms with Crippen LogP contribution in [0, 0.1) is 13.8 Å². The third-order valence-corrected chi connectivity index (χ3v) is 10.2. The van der Waals surface area contributed by atoms with Gasteiger partial charge in [0, 0.05) is 35.5 Å². The van der Waals surface area contributed by atoms with Crippen molar-refractivity contribution in [1.82, 2.24) is 9.88 Å². The van der Waals surface area contributed by atoms with Crippen LogP contribution in [0.4, 0.5) is 0 Å². The molecular weight excluding hydrogens is 604 g/mol. The third kappa shape index (κ3) is 9.24. The molecule has 1 atom stereocenters. The summed E-state index contributed by atoms with van der Waals surface area (Å²) in [6.07, 6.45) is 8.60. The lowest BCUT2D eigenvalue weighted by Crippen LogP contribution is -2.35. The summed E-state index contributed by atoms with van der Waals surface area (Å²) in [6, 6.07) is 38.4. The summed E-state index contributed by atoms with van der Waals surface area (Å²) >= 11 is 6.85. The van der Waals surface area contributed by atoms with E-state index in [9.17, 15) is 0 Å². The van der Waals surface area contributed by atoms with Gasteiger partial charge in [-0.1, -0.05) is 129 Å². The largest absolute Gasteiger partial charge is 0.296 e. The number of hydrogen-bond acceptors (Lipinski definition) is 2. The predicted molar refractivity (Wildman–Crippen MR) is 206 cm³/mol. The molecule has 2 nitrogen and oxygen atoms in total. The number of benzene rings is 4. The maximum absolute atomic E-state index is 6.85. The predicted octanol–water partition coefficient (Wildman–Crippen LogP) is 11.6. The zero-order valence-corrected chi connectivity index (χ0v) is 30.5. The molecular formula is C45H53ClN2. The molecule has 250 valence electrons. The minimum atomic E-state index is 0.421. The number of hydrogen-bond donors (Lipinski definition) is 0. The van der Waals surface area contributed by atoms with Gasteiger partial charge in [0.15, 0.2) is 0 Å². The molecule has 6 rings (SSSR count). The van der Waals surface area contributed by atoms with Crippen LogP contribution in [0.15, 0.2) is 103 Å². The summed E-state index contributed by atoms with van der Waals surface area (Å²) in [5.74, 6) is 0. The molecule has 0 fully saturated rings. The minimum absolute atomic E-state index is 0.421. The van der Waals surface area contributed by atoms with Crippen molar-refractivity contribution in [1.29, 1.82) is 0 Å². The van der Waals surface area contributed by atoms with Gasteiger partial charge in [-0.3, -0.25) is 9.88 Å². The Hall–Kier alpha value is -3.72. The van der Waals surface area contributed by atoms with Crippen LogP contribution in [-0.2, 0) is 38.5 Å². The Morgan fingerprint density at radius 2 is 1.33 bits per heavy atom. The fourth-order valence-corrected chi connectivity index (χ4v) is 7.29. The van der Waals surface area contributed by atoms with Gasteiger partial charge >= 0.3 is 0 Å². The van der Waals surface area contributed by atoms with Gasteiger partial charge in [0.25, 0.3) is 0 Å². The van der Waals surface area contributed by atoms with E-state index in [0.29, 0.717) is 6.04 Å². The Morgan fingerprint density at radius 3 is 2.04 bits per heavy atom. The lowest BCUT2D eigenvalue weighted by molar-refractivity contribution is 0.181. The zero-order chi connectivity index (χ0) is 33.9. The van der Waals surface area contributed by atoms with Crippen molar-refractivity contribution >= 4 is 11.6 Å². The quantitative estimate of drug-likeness (QED) is 0.133. The Bertz CT molecular complexity index is 1740. The third-order valence-electron chi connectivity index (χ3n) is 9.85. The van der Waals surface area contributed by atoms with Crippen LogP contribution in [0.25, 0.3) is 11.1 Å². The second kappa shape index (κ2) is 17.6. The molecule has 1 aliphatic rings. The smallest absolute Gasteiger partial charge is 0.0454 e. The van der Waals surface area contributed by atoms with Crippen LogP contribution in [0.2, 0.25) is 5.02 Å².